The van der Waals surface area contributed by atoms with Crippen molar-refractivity contribution in [2.45, 2.75) is 55.8 Å². The highest BCUT2D eigenvalue weighted by Crippen LogP contribution is 2.46. The second-order valence-electron chi connectivity index (χ2n) is 11.8. The van der Waals surface area contributed by atoms with E-state index >= 15 is 0 Å². The number of alkyl halides is 3. The third kappa shape index (κ3) is 6.85. The Balaban J connectivity index is 1.23. The van der Waals surface area contributed by atoms with Gasteiger partial charge in [-0.2, -0.15) is 13.2 Å². The van der Waals surface area contributed by atoms with E-state index in [9.17, 15) is 18.0 Å². The highest BCUT2D eigenvalue weighted by molar-refractivity contribution is 7.99. The van der Waals surface area contributed by atoms with Gasteiger partial charge in [0.2, 0.25) is 12.4 Å². The number of halogens is 3. The molecule has 236 valence electrons. The zero-order valence-corrected chi connectivity index (χ0v) is 26.7. The molecule has 8 nitrogen and oxygen atoms in total. The van der Waals surface area contributed by atoms with Crippen molar-refractivity contribution >= 4 is 46.8 Å². The van der Waals surface area contributed by atoms with Gasteiger partial charge in [-0.05, 0) is 69.5 Å². The fourth-order valence-corrected chi connectivity index (χ4v) is 7.78. The number of likely N-dealkylation sites (N-methyl/N-ethyl adjacent to an activating group) is 1. The molecule has 1 N–H and O–H groups in total. The molecule has 1 amide bonds. The van der Waals surface area contributed by atoms with Crippen LogP contribution in [-0.2, 0) is 15.7 Å². The molecule has 1 atom stereocenters. The highest BCUT2D eigenvalue weighted by Gasteiger charge is 2.36. The third-order valence-corrected chi connectivity index (χ3v) is 11.0. The van der Waals surface area contributed by atoms with E-state index in [4.69, 9.17) is 4.74 Å². The molecule has 3 aromatic rings. The number of rotatable bonds is 11. The summed E-state index contributed by atoms with van der Waals surface area (Å²) in [4.78, 5) is 28.7. The monoisotopic (exact) mass is 646 g/mol. The van der Waals surface area contributed by atoms with Gasteiger partial charge in [0.25, 0.3) is 0 Å². The minimum atomic E-state index is -4.60. The first-order valence-corrected chi connectivity index (χ1v) is 16.7. The van der Waals surface area contributed by atoms with Gasteiger partial charge in [-0.1, -0.05) is 0 Å². The van der Waals surface area contributed by atoms with Gasteiger partial charge in [-0.15, -0.1) is 23.1 Å². The van der Waals surface area contributed by atoms with Gasteiger partial charge in [-0.25, -0.2) is 9.97 Å². The summed E-state index contributed by atoms with van der Waals surface area (Å²) in [5.41, 5.74) is 2.16. The van der Waals surface area contributed by atoms with E-state index in [1.165, 1.54) is 28.8 Å². The summed E-state index contributed by atoms with van der Waals surface area (Å²) in [6, 6.07) is 8.63. The number of aromatic nitrogens is 2. The number of carbonyl (C=O) groups excluding carboxylic acids is 1. The van der Waals surface area contributed by atoms with Gasteiger partial charge in [0.05, 0.1) is 29.8 Å². The summed E-state index contributed by atoms with van der Waals surface area (Å²) < 4.78 is 47.6. The van der Waals surface area contributed by atoms with Crippen LogP contribution in [-0.4, -0.2) is 90.5 Å². The van der Waals surface area contributed by atoms with Crippen molar-refractivity contribution in [2.24, 2.45) is 0 Å². The van der Waals surface area contributed by atoms with E-state index in [2.05, 4.69) is 51.2 Å². The molecular weight excluding hydrogens is 610 g/mol. The Morgan fingerprint density at radius 3 is 2.68 bits per heavy atom. The summed E-state index contributed by atoms with van der Waals surface area (Å²) in [6.45, 7) is 8.64. The predicted octanol–water partition coefficient (Wildman–Crippen LogP) is 6.24. The minimum Gasteiger partial charge on any atom is -0.377 e. The molecule has 4 heterocycles. The van der Waals surface area contributed by atoms with Gasteiger partial charge in [0.15, 0.2) is 0 Å². The van der Waals surface area contributed by atoms with Crippen molar-refractivity contribution < 1.29 is 22.7 Å². The summed E-state index contributed by atoms with van der Waals surface area (Å²) in [5.74, 6) is 1.19. The molecule has 1 unspecified atom stereocenters. The Bertz CT molecular complexity index is 1490. The van der Waals surface area contributed by atoms with Crippen molar-refractivity contribution in [3.63, 3.8) is 0 Å². The van der Waals surface area contributed by atoms with Crippen molar-refractivity contribution in [3.8, 4) is 10.6 Å². The van der Waals surface area contributed by atoms with Crippen LogP contribution < -0.4 is 10.2 Å². The van der Waals surface area contributed by atoms with E-state index in [1.54, 1.807) is 11.0 Å². The maximum atomic E-state index is 14.1. The molecular formula is C31H37F3N6O2S2. The quantitative estimate of drug-likeness (QED) is 0.194. The van der Waals surface area contributed by atoms with Crippen molar-refractivity contribution in [1.82, 2.24) is 19.8 Å². The second-order valence-corrected chi connectivity index (χ2v) is 14.2. The number of benzene rings is 1. The Kier molecular flexibility index (Phi) is 9.10. The van der Waals surface area contributed by atoms with E-state index in [0.29, 0.717) is 42.3 Å². The first kappa shape index (κ1) is 31.1. The molecule has 3 aliphatic rings. The third-order valence-electron chi connectivity index (χ3n) is 8.66. The lowest BCUT2D eigenvalue weighted by atomic mass is 10.1. The molecule has 2 saturated heterocycles. The number of hydrogen-bond acceptors (Lipinski definition) is 9. The number of thiophene rings is 1. The molecule has 0 radical (unpaired) electrons. The molecule has 44 heavy (non-hydrogen) atoms. The maximum Gasteiger partial charge on any atom is 0.420 e. The molecule has 6 rings (SSSR count). The van der Waals surface area contributed by atoms with E-state index in [1.807, 2.05) is 13.0 Å². The predicted molar refractivity (Wildman–Crippen MR) is 169 cm³/mol. The summed E-state index contributed by atoms with van der Waals surface area (Å²) in [7, 11) is 2.15. The Morgan fingerprint density at radius 2 is 2.02 bits per heavy atom. The van der Waals surface area contributed by atoms with Crippen LogP contribution in [0.15, 0.2) is 35.4 Å². The standard InChI is InChI=1S/C31H37F3N6O2S2/c1-19-15-39(9-8-38(19)3)22-6-7-26(24(12-22)21-4-5-21)36-30-35-14-25(31(32,33)34)29(37-30)28-13-27(20(2)44-28)43-11-10-40(18-41)23-16-42-17-23/h6-7,12-14,18-19,21,23H,4-5,8-11,15-17H2,1-3H3,(H,35,36,37). The first-order valence-electron chi connectivity index (χ1n) is 14.9. The van der Waals surface area contributed by atoms with Crippen molar-refractivity contribution in [3.05, 3.63) is 46.5 Å². The summed E-state index contributed by atoms with van der Waals surface area (Å²) >= 11 is 2.81. The van der Waals surface area contributed by atoms with Crippen molar-refractivity contribution in [1.29, 1.82) is 0 Å². The zero-order valence-electron chi connectivity index (χ0n) is 25.1. The van der Waals surface area contributed by atoms with E-state index in [-0.39, 0.29) is 17.7 Å². The Labute approximate surface area is 264 Å². The summed E-state index contributed by atoms with van der Waals surface area (Å²) in [6.07, 6.45) is -0.713. The second kappa shape index (κ2) is 12.9. The fraction of sp³-hybridized carbons (Fsp3) is 0.516. The van der Waals surface area contributed by atoms with Crippen LogP contribution in [0.3, 0.4) is 0 Å². The number of hydrogen-bond donors (Lipinski definition) is 1. The number of aryl methyl sites for hydroxylation is 1. The highest BCUT2D eigenvalue weighted by atomic mass is 32.2. The molecule has 2 aromatic heterocycles. The molecule has 1 saturated carbocycles. The van der Waals surface area contributed by atoms with Crippen LogP contribution in [0.2, 0.25) is 0 Å². The van der Waals surface area contributed by atoms with Gasteiger partial charge < -0.3 is 24.8 Å². The largest absolute Gasteiger partial charge is 0.420 e. The lowest BCUT2D eigenvalue weighted by Crippen LogP contribution is -2.50. The molecule has 3 fully saturated rings. The SMILES string of the molecule is Cc1sc(-c2nc(Nc3ccc(N4CCN(C)C(C)C4)cc3C3CC3)ncc2C(F)(F)F)cc1SCCN(C=O)C1COC1. The number of anilines is 3. The maximum absolute atomic E-state index is 14.1. The van der Waals surface area contributed by atoms with Crippen LogP contribution >= 0.6 is 23.1 Å². The van der Waals surface area contributed by atoms with Gasteiger partial charge >= 0.3 is 6.18 Å². The van der Waals surface area contributed by atoms with Crippen LogP contribution in [0, 0.1) is 6.92 Å². The smallest absolute Gasteiger partial charge is 0.377 e. The number of carbonyl (C=O) groups is 1. The lowest BCUT2D eigenvalue weighted by molar-refractivity contribution is -0.137. The zero-order chi connectivity index (χ0) is 31.0. The summed E-state index contributed by atoms with van der Waals surface area (Å²) in [5, 5.41) is 3.26. The average Bonchev–Trinajstić information content (AvgIpc) is 3.74. The number of piperazine rings is 1. The Hall–Kier alpha value is -2.87. The molecule has 1 aromatic carbocycles. The van der Waals surface area contributed by atoms with Crippen LogP contribution in [0.4, 0.5) is 30.5 Å². The molecule has 1 aliphatic carbocycles. The number of thioether (sulfide) groups is 1. The van der Waals surface area contributed by atoms with Crippen molar-refractivity contribution in [2.75, 3.05) is 62.4 Å². The van der Waals surface area contributed by atoms with Gasteiger partial charge in [-0.3, -0.25) is 4.79 Å². The van der Waals surface area contributed by atoms with Gasteiger partial charge in [0.1, 0.15) is 5.56 Å². The molecule has 13 heteroatoms. The topological polar surface area (TPSA) is 73.8 Å². The number of amides is 1. The molecule has 0 bridgehead atoms. The van der Waals surface area contributed by atoms with Crippen LogP contribution in [0.5, 0.6) is 0 Å². The number of nitrogens with one attached hydrogen (secondary N) is 1. The first-order chi connectivity index (χ1) is 21.1. The Morgan fingerprint density at radius 1 is 1.23 bits per heavy atom. The molecule has 0 spiro atoms. The van der Waals surface area contributed by atoms with Gasteiger partial charge in [0, 0.05) is 65.3 Å². The van der Waals surface area contributed by atoms with E-state index in [0.717, 1.165) is 66.1 Å². The normalized spacial score (nSPS) is 19.6. The fourth-order valence-electron chi connectivity index (χ4n) is 5.56. The van der Waals surface area contributed by atoms with Crippen LogP contribution in [0.1, 0.15) is 41.7 Å². The lowest BCUT2D eigenvalue weighted by Gasteiger charge is -2.39. The number of nitrogens with zero attached hydrogens (tertiary/aromatic N) is 5. The minimum absolute atomic E-state index is 0.0978. The molecule has 2 aliphatic heterocycles. The average molecular weight is 647 g/mol. The number of ether oxygens (including phenoxy) is 1. The van der Waals surface area contributed by atoms with E-state index < -0.39 is 11.7 Å². The van der Waals surface area contributed by atoms with Crippen LogP contribution in [0.25, 0.3) is 10.6 Å².